The number of rotatable bonds is 2. The smallest absolute Gasteiger partial charge is 0.132 e. The Morgan fingerprint density at radius 2 is 2.15 bits per heavy atom. The van der Waals surface area contributed by atoms with Crippen LogP contribution in [0.5, 0.6) is 5.75 Å². The summed E-state index contributed by atoms with van der Waals surface area (Å²) in [6, 6.07) is 1.82. The first-order valence-corrected chi connectivity index (χ1v) is 4.29. The maximum Gasteiger partial charge on any atom is 0.132 e. The first kappa shape index (κ1) is 9.92. The molecule has 0 spiro atoms. The van der Waals surface area contributed by atoms with Gasteiger partial charge in [-0.25, -0.2) is 0 Å². The summed E-state index contributed by atoms with van der Waals surface area (Å²) in [5.41, 5.74) is 7.98. The Labute approximate surface area is 82.9 Å². The van der Waals surface area contributed by atoms with Crippen LogP contribution in [0.4, 0.5) is 0 Å². The molecule has 1 aromatic rings. The molecule has 0 unspecified atom stereocenters. The predicted octanol–water partition coefficient (Wildman–Crippen LogP) is 1.34. The third-order valence-electron chi connectivity index (χ3n) is 1.76. The largest absolute Gasteiger partial charge is 0.496 e. The van der Waals surface area contributed by atoms with Crippen LogP contribution in [-0.2, 0) is 0 Å². The van der Waals surface area contributed by atoms with Gasteiger partial charge in [-0.3, -0.25) is 4.98 Å². The summed E-state index contributed by atoms with van der Waals surface area (Å²) in [5.74, 6) is 0.692. The predicted molar refractivity (Wildman–Crippen MR) is 56.2 cm³/mol. The average molecular weight is 196 g/mol. The molecule has 0 aliphatic heterocycles. The molecule has 0 aliphatic carbocycles. The Hall–Kier alpha value is -1.16. The number of nitrogens with zero attached hydrogens (tertiary/aromatic N) is 1. The number of pyridine rings is 1. The minimum absolute atomic E-state index is 0.321. The van der Waals surface area contributed by atoms with E-state index in [0.717, 1.165) is 17.0 Å². The van der Waals surface area contributed by atoms with E-state index in [1.54, 1.807) is 7.11 Å². The number of hydrogen-bond donors (Lipinski definition) is 1. The zero-order chi connectivity index (χ0) is 10.0. The maximum absolute atomic E-state index is 5.55. The monoisotopic (exact) mass is 196 g/mol. The second-order valence-corrected chi connectivity index (χ2v) is 3.23. The molecule has 13 heavy (non-hydrogen) atoms. The zero-order valence-electron chi connectivity index (χ0n) is 7.92. The minimum Gasteiger partial charge on any atom is -0.496 e. The Kier molecular flexibility index (Phi) is 2.83. The van der Waals surface area contributed by atoms with Gasteiger partial charge in [0.15, 0.2) is 0 Å². The van der Waals surface area contributed by atoms with E-state index < -0.39 is 0 Å². The Bertz CT molecular complexity index is 350. The highest BCUT2D eigenvalue weighted by molar-refractivity contribution is 7.80. The fourth-order valence-corrected chi connectivity index (χ4v) is 1.50. The van der Waals surface area contributed by atoms with Crippen LogP contribution < -0.4 is 10.5 Å². The molecule has 70 valence electrons. The van der Waals surface area contributed by atoms with Crippen molar-refractivity contribution in [1.82, 2.24) is 4.98 Å². The molecular weight excluding hydrogens is 184 g/mol. The van der Waals surface area contributed by atoms with Gasteiger partial charge >= 0.3 is 0 Å². The van der Waals surface area contributed by atoms with Gasteiger partial charge in [-0.1, -0.05) is 12.2 Å². The van der Waals surface area contributed by atoms with Gasteiger partial charge in [0.2, 0.25) is 0 Å². The normalized spacial score (nSPS) is 9.77. The lowest BCUT2D eigenvalue weighted by atomic mass is 10.1. The number of aryl methyl sites for hydroxylation is 2. The average Bonchev–Trinajstić information content (AvgIpc) is 2.01. The SMILES string of the molecule is COc1cc(C)nc(C)c1C(N)=S. The minimum atomic E-state index is 0.321. The van der Waals surface area contributed by atoms with Gasteiger partial charge in [0, 0.05) is 11.8 Å². The molecule has 0 radical (unpaired) electrons. The van der Waals surface area contributed by atoms with Crippen molar-refractivity contribution < 1.29 is 4.74 Å². The van der Waals surface area contributed by atoms with E-state index >= 15 is 0 Å². The quantitative estimate of drug-likeness (QED) is 0.725. The van der Waals surface area contributed by atoms with E-state index in [-0.39, 0.29) is 0 Å². The van der Waals surface area contributed by atoms with Crippen LogP contribution >= 0.6 is 12.2 Å². The molecule has 0 amide bonds. The second kappa shape index (κ2) is 3.70. The highest BCUT2D eigenvalue weighted by atomic mass is 32.1. The second-order valence-electron chi connectivity index (χ2n) is 2.79. The van der Waals surface area contributed by atoms with Gasteiger partial charge in [0.05, 0.1) is 18.4 Å². The first-order valence-electron chi connectivity index (χ1n) is 3.88. The van der Waals surface area contributed by atoms with Crippen LogP contribution in [0.2, 0.25) is 0 Å². The maximum atomic E-state index is 5.55. The van der Waals surface area contributed by atoms with Crippen LogP contribution in [0.1, 0.15) is 17.0 Å². The van der Waals surface area contributed by atoms with Crippen molar-refractivity contribution in [2.24, 2.45) is 5.73 Å². The number of methoxy groups -OCH3 is 1. The number of thiocarbonyl (C=S) groups is 1. The third kappa shape index (κ3) is 1.95. The number of ether oxygens (including phenoxy) is 1. The Balaban J connectivity index is 3.38. The molecule has 0 aromatic carbocycles. The summed E-state index contributed by atoms with van der Waals surface area (Å²) in [6.07, 6.45) is 0. The summed E-state index contributed by atoms with van der Waals surface area (Å²) in [4.78, 5) is 4.58. The van der Waals surface area contributed by atoms with Crippen molar-refractivity contribution in [3.63, 3.8) is 0 Å². The lowest BCUT2D eigenvalue weighted by Gasteiger charge is -2.10. The van der Waals surface area contributed by atoms with Crippen LogP contribution in [0, 0.1) is 13.8 Å². The molecular formula is C9H12N2OS. The van der Waals surface area contributed by atoms with Gasteiger partial charge in [-0.2, -0.15) is 0 Å². The van der Waals surface area contributed by atoms with Gasteiger partial charge in [-0.15, -0.1) is 0 Å². The summed E-state index contributed by atoms with van der Waals surface area (Å²) >= 11 is 4.90. The van der Waals surface area contributed by atoms with E-state index in [4.69, 9.17) is 22.7 Å². The van der Waals surface area contributed by atoms with E-state index in [2.05, 4.69) is 4.98 Å². The fourth-order valence-electron chi connectivity index (χ4n) is 1.25. The number of hydrogen-bond acceptors (Lipinski definition) is 3. The molecule has 0 saturated carbocycles. The molecule has 1 heterocycles. The molecule has 3 nitrogen and oxygen atoms in total. The van der Waals surface area contributed by atoms with Crippen molar-refractivity contribution in [2.45, 2.75) is 13.8 Å². The highest BCUT2D eigenvalue weighted by Crippen LogP contribution is 2.21. The van der Waals surface area contributed by atoms with Crippen molar-refractivity contribution in [2.75, 3.05) is 7.11 Å². The molecule has 0 fully saturated rings. The van der Waals surface area contributed by atoms with E-state index in [1.807, 2.05) is 19.9 Å². The summed E-state index contributed by atoms with van der Waals surface area (Å²) in [7, 11) is 1.59. The molecule has 2 N–H and O–H groups in total. The van der Waals surface area contributed by atoms with Crippen LogP contribution in [0.25, 0.3) is 0 Å². The molecule has 0 saturated heterocycles. The van der Waals surface area contributed by atoms with Crippen molar-refractivity contribution in [3.8, 4) is 5.75 Å². The van der Waals surface area contributed by atoms with Gasteiger partial charge in [-0.05, 0) is 13.8 Å². The van der Waals surface area contributed by atoms with E-state index in [0.29, 0.717) is 10.7 Å². The summed E-state index contributed by atoms with van der Waals surface area (Å²) < 4.78 is 5.16. The van der Waals surface area contributed by atoms with Crippen molar-refractivity contribution in [1.29, 1.82) is 0 Å². The summed E-state index contributed by atoms with van der Waals surface area (Å²) in [6.45, 7) is 3.77. The Morgan fingerprint density at radius 3 is 2.62 bits per heavy atom. The fraction of sp³-hybridized carbons (Fsp3) is 0.333. The van der Waals surface area contributed by atoms with E-state index in [1.165, 1.54) is 0 Å². The topological polar surface area (TPSA) is 48.1 Å². The molecule has 0 atom stereocenters. The van der Waals surface area contributed by atoms with Crippen molar-refractivity contribution in [3.05, 3.63) is 23.0 Å². The Morgan fingerprint density at radius 1 is 1.54 bits per heavy atom. The third-order valence-corrected chi connectivity index (χ3v) is 1.96. The molecule has 0 aliphatic rings. The zero-order valence-corrected chi connectivity index (χ0v) is 8.73. The lowest BCUT2D eigenvalue weighted by molar-refractivity contribution is 0.412. The molecule has 1 aromatic heterocycles. The highest BCUT2D eigenvalue weighted by Gasteiger charge is 2.10. The van der Waals surface area contributed by atoms with Gasteiger partial charge in [0.1, 0.15) is 10.7 Å². The van der Waals surface area contributed by atoms with Gasteiger partial charge in [0.25, 0.3) is 0 Å². The molecule has 0 bridgehead atoms. The van der Waals surface area contributed by atoms with E-state index in [9.17, 15) is 0 Å². The lowest BCUT2D eigenvalue weighted by Crippen LogP contribution is -2.14. The number of aromatic nitrogens is 1. The van der Waals surface area contributed by atoms with Crippen LogP contribution in [0.15, 0.2) is 6.07 Å². The summed E-state index contributed by atoms with van der Waals surface area (Å²) in [5, 5.41) is 0. The van der Waals surface area contributed by atoms with Gasteiger partial charge < -0.3 is 10.5 Å². The van der Waals surface area contributed by atoms with Crippen LogP contribution in [-0.4, -0.2) is 17.1 Å². The van der Waals surface area contributed by atoms with Crippen LogP contribution in [0.3, 0.4) is 0 Å². The first-order chi connectivity index (χ1) is 6.06. The van der Waals surface area contributed by atoms with Crippen molar-refractivity contribution >= 4 is 17.2 Å². The molecule has 4 heteroatoms. The molecule has 1 rings (SSSR count). The number of nitrogens with two attached hydrogens (primary N) is 1. The standard InChI is InChI=1S/C9H12N2OS/c1-5-4-7(12-3)8(9(10)13)6(2)11-5/h4H,1-3H3,(H2,10,13).